The summed E-state index contributed by atoms with van der Waals surface area (Å²) in [7, 11) is 1.20. The molecule has 0 radical (unpaired) electrons. The Kier molecular flexibility index (Phi) is 6.65. The third-order valence-electron chi connectivity index (χ3n) is 2.31. The Hall–Kier alpha value is -2.28. The lowest BCUT2D eigenvalue weighted by molar-refractivity contribution is -0.276. The number of alkyl halides is 6. The van der Waals surface area contributed by atoms with Gasteiger partial charge in [-0.15, -0.1) is 26.3 Å². The van der Waals surface area contributed by atoms with Crippen molar-refractivity contribution < 1.29 is 40.6 Å². The monoisotopic (exact) mass is 428 g/mol. The van der Waals surface area contributed by atoms with Gasteiger partial charge in [0.1, 0.15) is 10.0 Å². The number of aliphatic imine (C=N–C) groups is 1. The van der Waals surface area contributed by atoms with Gasteiger partial charge in [-0.3, -0.25) is 10.3 Å². The van der Waals surface area contributed by atoms with Gasteiger partial charge in [-0.2, -0.15) is 0 Å². The number of carbonyl (C=O) groups excluding carboxylic acids is 1. The van der Waals surface area contributed by atoms with E-state index in [-0.39, 0.29) is 6.07 Å². The average molecular weight is 429 g/mol. The fourth-order valence-corrected chi connectivity index (χ4v) is 1.93. The number of halogens is 8. The SMILES string of the molecule is CN=C(N)NC(=O)Nc1c(Cl)c(OC(F)(F)F)cc(OC(F)(F)F)c1Cl. The quantitative estimate of drug-likeness (QED) is 0.386. The first kappa shape index (κ1) is 21.8. The summed E-state index contributed by atoms with van der Waals surface area (Å²) in [6.45, 7) is 0. The second kappa shape index (κ2) is 7.95. The topological polar surface area (TPSA) is 98.0 Å². The Labute approximate surface area is 151 Å². The van der Waals surface area contributed by atoms with Crippen LogP contribution in [-0.4, -0.2) is 31.8 Å². The number of guanidine groups is 1. The summed E-state index contributed by atoms with van der Waals surface area (Å²) in [5.41, 5.74) is 4.34. The molecule has 0 aromatic heterocycles. The molecule has 0 fully saturated rings. The van der Waals surface area contributed by atoms with Crippen molar-refractivity contribution in [2.24, 2.45) is 10.7 Å². The summed E-state index contributed by atoms with van der Waals surface area (Å²) in [4.78, 5) is 15.0. The number of nitrogens with one attached hydrogen (secondary N) is 2. The zero-order chi connectivity index (χ0) is 20.3. The van der Waals surface area contributed by atoms with E-state index in [1.165, 1.54) is 7.05 Å². The van der Waals surface area contributed by atoms with E-state index >= 15 is 0 Å². The molecule has 2 amide bonds. The van der Waals surface area contributed by atoms with E-state index in [4.69, 9.17) is 28.9 Å². The lowest BCUT2D eigenvalue weighted by Gasteiger charge is -2.18. The highest BCUT2D eigenvalue weighted by Gasteiger charge is 2.37. The molecule has 0 spiro atoms. The molecule has 1 rings (SSSR count). The van der Waals surface area contributed by atoms with Gasteiger partial charge >= 0.3 is 18.8 Å². The van der Waals surface area contributed by atoms with Crippen LogP contribution in [0.5, 0.6) is 11.5 Å². The van der Waals surface area contributed by atoms with Gasteiger partial charge in [-0.1, -0.05) is 23.2 Å². The number of benzene rings is 1. The first-order chi connectivity index (χ1) is 11.7. The van der Waals surface area contributed by atoms with Crippen molar-refractivity contribution in [1.29, 1.82) is 0 Å². The van der Waals surface area contributed by atoms with Gasteiger partial charge in [-0.05, 0) is 0 Å². The van der Waals surface area contributed by atoms with Crippen molar-refractivity contribution in [2.75, 3.05) is 12.4 Å². The fraction of sp³-hybridized carbons (Fsp3) is 0.273. The zero-order valence-corrected chi connectivity index (χ0v) is 13.9. The highest BCUT2D eigenvalue weighted by atomic mass is 35.5. The molecule has 1 aromatic rings. The molecular weight excluding hydrogens is 421 g/mol. The molecule has 0 bridgehead atoms. The third-order valence-corrected chi connectivity index (χ3v) is 3.06. The first-order valence-electron chi connectivity index (χ1n) is 6.07. The van der Waals surface area contributed by atoms with Crippen LogP contribution in [0.4, 0.5) is 36.8 Å². The molecule has 26 heavy (non-hydrogen) atoms. The molecule has 7 nitrogen and oxygen atoms in total. The maximum absolute atomic E-state index is 12.4. The molecule has 146 valence electrons. The van der Waals surface area contributed by atoms with Crippen LogP contribution < -0.4 is 25.8 Å². The molecule has 1 aromatic carbocycles. The number of nitrogens with zero attached hydrogens (tertiary/aromatic N) is 1. The molecule has 0 aliphatic heterocycles. The molecule has 0 atom stereocenters. The van der Waals surface area contributed by atoms with Crippen LogP contribution >= 0.6 is 23.2 Å². The van der Waals surface area contributed by atoms with Gasteiger partial charge in [-0.25, -0.2) is 4.79 Å². The molecule has 15 heteroatoms. The number of hydrogen-bond donors (Lipinski definition) is 3. The van der Waals surface area contributed by atoms with Gasteiger partial charge in [0, 0.05) is 13.1 Å². The van der Waals surface area contributed by atoms with Gasteiger partial charge in [0.05, 0.1) is 5.69 Å². The number of rotatable bonds is 3. The van der Waals surface area contributed by atoms with Crippen LogP contribution in [0, 0.1) is 0 Å². The van der Waals surface area contributed by atoms with Crippen molar-refractivity contribution in [3.63, 3.8) is 0 Å². The van der Waals surface area contributed by atoms with E-state index in [1.54, 1.807) is 0 Å². The van der Waals surface area contributed by atoms with E-state index in [1.807, 2.05) is 10.6 Å². The number of nitrogens with two attached hydrogens (primary N) is 1. The first-order valence-corrected chi connectivity index (χ1v) is 6.83. The normalized spacial score (nSPS) is 12.6. The summed E-state index contributed by atoms with van der Waals surface area (Å²) in [6.07, 6.45) is -10.6. The molecule has 0 unspecified atom stereocenters. The van der Waals surface area contributed by atoms with E-state index in [9.17, 15) is 31.1 Å². The Bertz CT molecular complexity index is 683. The molecule has 4 N–H and O–H groups in total. The fourth-order valence-electron chi connectivity index (χ4n) is 1.41. The molecular formula is C11H8Cl2F6N4O3. The number of urea groups is 1. The molecule has 0 saturated carbocycles. The van der Waals surface area contributed by atoms with Crippen LogP contribution in [-0.2, 0) is 0 Å². The van der Waals surface area contributed by atoms with Crippen LogP contribution in [0.25, 0.3) is 0 Å². The maximum Gasteiger partial charge on any atom is 0.573 e. The van der Waals surface area contributed by atoms with Crippen molar-refractivity contribution in [3.05, 3.63) is 16.1 Å². The standard InChI is InChI=1S/C11H8Cl2F6N4O3/c1-21-8(20)23-9(24)22-7-5(12)3(25-10(14,15)16)2-4(6(7)13)26-11(17,18)19/h2H,1H3,(H4,20,21,22,23,24). The Balaban J connectivity index is 3.38. The molecule has 0 saturated heterocycles. The van der Waals surface area contributed by atoms with E-state index in [2.05, 4.69) is 14.5 Å². The van der Waals surface area contributed by atoms with Crippen molar-refractivity contribution in [1.82, 2.24) is 5.32 Å². The minimum absolute atomic E-state index is 0.163. The number of carbonyl (C=O) groups is 1. The Morgan fingerprint density at radius 2 is 1.50 bits per heavy atom. The predicted octanol–water partition coefficient (Wildman–Crippen LogP) is 3.86. The van der Waals surface area contributed by atoms with Crippen LogP contribution in [0.3, 0.4) is 0 Å². The lowest BCUT2D eigenvalue weighted by atomic mass is 10.2. The van der Waals surface area contributed by atoms with Crippen LogP contribution in [0.15, 0.2) is 11.1 Å². The summed E-state index contributed by atoms with van der Waals surface area (Å²) < 4.78 is 81.4. The number of anilines is 1. The number of amides is 2. The third kappa shape index (κ3) is 6.55. The van der Waals surface area contributed by atoms with Crippen LogP contribution in [0.2, 0.25) is 10.0 Å². The lowest BCUT2D eigenvalue weighted by Crippen LogP contribution is -2.39. The predicted molar refractivity (Wildman–Crippen MR) is 79.5 cm³/mol. The highest BCUT2D eigenvalue weighted by Crippen LogP contribution is 2.46. The van der Waals surface area contributed by atoms with Crippen LogP contribution in [0.1, 0.15) is 0 Å². The van der Waals surface area contributed by atoms with Crippen molar-refractivity contribution in [3.8, 4) is 11.5 Å². The minimum Gasteiger partial charge on any atom is -0.404 e. The van der Waals surface area contributed by atoms with Crippen molar-refractivity contribution >= 4 is 40.9 Å². The minimum atomic E-state index is -5.30. The Morgan fingerprint density at radius 3 is 1.85 bits per heavy atom. The van der Waals surface area contributed by atoms with E-state index in [0.717, 1.165) is 0 Å². The number of ether oxygens (including phenoxy) is 2. The van der Waals surface area contributed by atoms with Crippen molar-refractivity contribution in [2.45, 2.75) is 12.7 Å². The summed E-state index contributed by atoms with van der Waals surface area (Å²) >= 11 is 11.3. The largest absolute Gasteiger partial charge is 0.573 e. The second-order valence-electron chi connectivity index (χ2n) is 4.16. The van der Waals surface area contributed by atoms with E-state index in [0.29, 0.717) is 0 Å². The zero-order valence-electron chi connectivity index (χ0n) is 12.4. The van der Waals surface area contributed by atoms with E-state index < -0.39 is 51.9 Å². The van der Waals surface area contributed by atoms with Gasteiger partial charge in [0.15, 0.2) is 17.5 Å². The highest BCUT2D eigenvalue weighted by molar-refractivity contribution is 6.41. The molecule has 0 aliphatic carbocycles. The Morgan fingerprint density at radius 1 is 1.08 bits per heavy atom. The summed E-state index contributed by atoms with van der Waals surface area (Å²) in [6, 6.07) is -1.05. The molecule has 0 heterocycles. The van der Waals surface area contributed by atoms with Gasteiger partial charge in [0.2, 0.25) is 0 Å². The van der Waals surface area contributed by atoms with Gasteiger partial charge < -0.3 is 20.5 Å². The van der Waals surface area contributed by atoms with Gasteiger partial charge in [0.25, 0.3) is 0 Å². The second-order valence-corrected chi connectivity index (χ2v) is 4.92. The molecule has 0 aliphatic rings. The number of hydrogen-bond acceptors (Lipinski definition) is 4. The summed E-state index contributed by atoms with van der Waals surface area (Å²) in [5.74, 6) is -3.00. The summed E-state index contributed by atoms with van der Waals surface area (Å²) in [5, 5.41) is 1.85. The average Bonchev–Trinajstić information content (AvgIpc) is 2.45. The maximum atomic E-state index is 12.4. The smallest absolute Gasteiger partial charge is 0.404 e.